The second kappa shape index (κ2) is 8.18. The van der Waals surface area contributed by atoms with Gasteiger partial charge in [-0.25, -0.2) is 9.07 Å². The Morgan fingerprint density at radius 2 is 1.96 bits per heavy atom. The van der Waals surface area contributed by atoms with Crippen LogP contribution in [0.15, 0.2) is 24.3 Å². The summed E-state index contributed by atoms with van der Waals surface area (Å²) in [5, 5.41) is 7.59. The zero-order chi connectivity index (χ0) is 18.7. The van der Waals surface area contributed by atoms with E-state index >= 15 is 0 Å². The molecule has 1 aromatic heterocycles. The van der Waals surface area contributed by atoms with Crippen molar-refractivity contribution in [1.82, 2.24) is 20.0 Å². The number of aryl methyl sites for hydroxylation is 1. The molecule has 140 valence electrons. The molecule has 1 aliphatic rings. The average molecular weight is 379 g/mol. The highest BCUT2D eigenvalue weighted by Crippen LogP contribution is 2.24. The van der Waals surface area contributed by atoms with Gasteiger partial charge in [0.15, 0.2) is 0 Å². The number of likely N-dealkylation sites (tertiary alicyclic amines) is 1. The first-order chi connectivity index (χ1) is 12.5. The highest BCUT2D eigenvalue weighted by atomic mass is 35.5. The van der Waals surface area contributed by atoms with Crippen LogP contribution in [0.4, 0.5) is 4.39 Å². The molecular formula is C19H24ClFN4O. The third kappa shape index (κ3) is 3.91. The molecule has 1 fully saturated rings. The summed E-state index contributed by atoms with van der Waals surface area (Å²) < 4.78 is 14.6. The molecule has 0 spiro atoms. The van der Waals surface area contributed by atoms with E-state index in [1.165, 1.54) is 29.7 Å². The fourth-order valence-corrected chi connectivity index (χ4v) is 3.81. The normalized spacial score (nSPS) is 16.0. The molecular weight excluding hydrogens is 355 g/mol. The lowest BCUT2D eigenvalue weighted by atomic mass is 10.2. The topological polar surface area (TPSA) is 50.2 Å². The maximum atomic E-state index is 13.1. The third-order valence-corrected chi connectivity index (χ3v) is 5.28. The molecule has 1 aromatic carbocycles. The first-order valence-corrected chi connectivity index (χ1v) is 9.42. The monoisotopic (exact) mass is 378 g/mol. The van der Waals surface area contributed by atoms with Gasteiger partial charge in [-0.1, -0.05) is 18.5 Å². The molecule has 1 aliphatic heterocycles. The van der Waals surface area contributed by atoms with Gasteiger partial charge in [-0.3, -0.25) is 9.69 Å². The van der Waals surface area contributed by atoms with Crippen LogP contribution in [-0.4, -0.2) is 46.3 Å². The zero-order valence-electron chi connectivity index (χ0n) is 15.1. The molecule has 7 heteroatoms. The van der Waals surface area contributed by atoms with Crippen LogP contribution in [0.5, 0.6) is 0 Å². The van der Waals surface area contributed by atoms with Gasteiger partial charge >= 0.3 is 0 Å². The van der Waals surface area contributed by atoms with Crippen molar-refractivity contribution in [2.24, 2.45) is 0 Å². The van der Waals surface area contributed by atoms with Crippen molar-refractivity contribution in [2.75, 3.05) is 19.6 Å². The molecule has 0 aliphatic carbocycles. The van der Waals surface area contributed by atoms with Crippen molar-refractivity contribution in [1.29, 1.82) is 0 Å². The van der Waals surface area contributed by atoms with Gasteiger partial charge in [-0.15, -0.1) is 0 Å². The van der Waals surface area contributed by atoms with E-state index < -0.39 is 0 Å². The minimum atomic E-state index is -0.334. The molecule has 0 radical (unpaired) electrons. The van der Waals surface area contributed by atoms with E-state index in [1.54, 1.807) is 19.1 Å². The molecule has 3 rings (SSSR count). The summed E-state index contributed by atoms with van der Waals surface area (Å²) in [6.07, 6.45) is 3.43. The quantitative estimate of drug-likeness (QED) is 0.835. The highest BCUT2D eigenvalue weighted by Gasteiger charge is 2.24. The number of halogens is 2. The van der Waals surface area contributed by atoms with E-state index in [0.717, 1.165) is 19.5 Å². The van der Waals surface area contributed by atoms with E-state index in [2.05, 4.69) is 22.2 Å². The average Bonchev–Trinajstić information content (AvgIpc) is 3.25. The molecule has 1 amide bonds. The molecule has 2 heterocycles. The van der Waals surface area contributed by atoms with Crippen molar-refractivity contribution in [3.05, 3.63) is 46.5 Å². The number of amides is 1. The number of nitrogens with zero attached hydrogens (tertiary/aromatic N) is 3. The summed E-state index contributed by atoms with van der Waals surface area (Å²) in [5.74, 6) is -0.558. The van der Waals surface area contributed by atoms with E-state index in [1.807, 2.05) is 0 Å². The Bertz CT molecular complexity index is 769. The Kier molecular flexibility index (Phi) is 5.94. The lowest BCUT2D eigenvalue weighted by Gasteiger charge is -2.26. The van der Waals surface area contributed by atoms with Gasteiger partial charge in [0.25, 0.3) is 5.91 Å². The first kappa shape index (κ1) is 18.9. The largest absolute Gasteiger partial charge is 0.350 e. The lowest BCUT2D eigenvalue weighted by Crippen LogP contribution is -2.42. The predicted octanol–water partition coefficient (Wildman–Crippen LogP) is 3.58. The summed E-state index contributed by atoms with van der Waals surface area (Å²) >= 11 is 6.41. The maximum Gasteiger partial charge on any atom is 0.256 e. The third-order valence-electron chi connectivity index (χ3n) is 4.93. The summed E-state index contributed by atoms with van der Waals surface area (Å²) in [4.78, 5) is 15.1. The molecule has 0 unspecified atom stereocenters. The summed E-state index contributed by atoms with van der Waals surface area (Å²) in [5.41, 5.74) is 1.53. The van der Waals surface area contributed by atoms with Crippen molar-refractivity contribution in [2.45, 2.75) is 39.2 Å². The minimum Gasteiger partial charge on any atom is -0.350 e. The van der Waals surface area contributed by atoms with Crippen LogP contribution >= 0.6 is 11.6 Å². The number of rotatable bonds is 6. The molecule has 5 nitrogen and oxygen atoms in total. The van der Waals surface area contributed by atoms with Gasteiger partial charge in [0, 0.05) is 12.6 Å². The van der Waals surface area contributed by atoms with Crippen molar-refractivity contribution >= 4 is 17.5 Å². The van der Waals surface area contributed by atoms with Crippen LogP contribution in [-0.2, 0) is 0 Å². The Labute approximate surface area is 158 Å². The number of aromatic nitrogens is 2. The number of hydrogen-bond donors (Lipinski definition) is 1. The van der Waals surface area contributed by atoms with Gasteiger partial charge < -0.3 is 5.32 Å². The molecule has 1 saturated heterocycles. The van der Waals surface area contributed by atoms with Crippen LogP contribution < -0.4 is 5.32 Å². The van der Waals surface area contributed by atoms with E-state index in [-0.39, 0.29) is 16.9 Å². The van der Waals surface area contributed by atoms with Gasteiger partial charge in [0.2, 0.25) is 0 Å². The summed E-state index contributed by atoms with van der Waals surface area (Å²) in [6.45, 7) is 6.67. The van der Waals surface area contributed by atoms with Crippen LogP contribution in [0.3, 0.4) is 0 Å². The number of carbonyl (C=O) groups excluding carboxylic acids is 1. The number of benzene rings is 1. The minimum absolute atomic E-state index is 0.224. The van der Waals surface area contributed by atoms with Gasteiger partial charge in [0.05, 0.1) is 16.9 Å². The number of hydrogen-bond acceptors (Lipinski definition) is 3. The summed E-state index contributed by atoms with van der Waals surface area (Å²) in [6, 6.07) is 6.17. The molecule has 1 atom stereocenters. The van der Waals surface area contributed by atoms with Crippen LogP contribution in [0.2, 0.25) is 5.15 Å². The van der Waals surface area contributed by atoms with Crippen LogP contribution in [0.25, 0.3) is 5.69 Å². The fraction of sp³-hybridized carbons (Fsp3) is 0.474. The van der Waals surface area contributed by atoms with Crippen LogP contribution in [0.1, 0.15) is 42.2 Å². The number of carbonyl (C=O) groups is 1. The predicted molar refractivity (Wildman–Crippen MR) is 100 cm³/mol. The fourth-order valence-electron chi connectivity index (χ4n) is 3.45. The molecule has 2 aromatic rings. The van der Waals surface area contributed by atoms with Gasteiger partial charge in [-0.2, -0.15) is 5.10 Å². The van der Waals surface area contributed by atoms with Gasteiger partial charge in [-0.05, 0) is 63.5 Å². The van der Waals surface area contributed by atoms with E-state index in [0.29, 0.717) is 29.5 Å². The standard InChI is InChI=1S/C19H24ClFN4O/c1-3-15(24-10-4-5-11-24)12-22-19(26)17-13(2)23-25(18(17)20)16-8-6-14(21)7-9-16/h6-9,15H,3-5,10-12H2,1-2H3,(H,22,26)/t15-/m1/s1. The first-order valence-electron chi connectivity index (χ1n) is 9.04. The Balaban J connectivity index is 1.74. The molecule has 26 heavy (non-hydrogen) atoms. The van der Waals surface area contributed by atoms with Crippen molar-refractivity contribution in [3.8, 4) is 5.69 Å². The van der Waals surface area contributed by atoms with Crippen molar-refractivity contribution in [3.63, 3.8) is 0 Å². The second-order valence-corrected chi connectivity index (χ2v) is 7.01. The summed E-state index contributed by atoms with van der Waals surface area (Å²) in [7, 11) is 0. The van der Waals surface area contributed by atoms with Gasteiger partial charge in [0.1, 0.15) is 11.0 Å². The smallest absolute Gasteiger partial charge is 0.256 e. The molecule has 0 bridgehead atoms. The van der Waals surface area contributed by atoms with E-state index in [4.69, 9.17) is 11.6 Å². The lowest BCUT2D eigenvalue weighted by molar-refractivity contribution is 0.0936. The second-order valence-electron chi connectivity index (χ2n) is 6.65. The molecule has 0 saturated carbocycles. The Hall–Kier alpha value is -1.92. The number of nitrogens with one attached hydrogen (secondary N) is 1. The van der Waals surface area contributed by atoms with E-state index in [9.17, 15) is 9.18 Å². The molecule has 1 N–H and O–H groups in total. The maximum absolute atomic E-state index is 13.1. The Morgan fingerprint density at radius 1 is 1.31 bits per heavy atom. The van der Waals surface area contributed by atoms with Crippen molar-refractivity contribution < 1.29 is 9.18 Å². The Morgan fingerprint density at radius 3 is 2.58 bits per heavy atom. The highest BCUT2D eigenvalue weighted by molar-refractivity contribution is 6.33. The zero-order valence-corrected chi connectivity index (χ0v) is 15.9. The van der Waals surface area contributed by atoms with Crippen LogP contribution in [0, 0.1) is 12.7 Å². The SMILES string of the molecule is CC[C@H](CNC(=O)c1c(C)nn(-c2ccc(F)cc2)c1Cl)N1CCCC1.